The van der Waals surface area contributed by atoms with Gasteiger partial charge in [-0.25, -0.2) is 0 Å². The molecule has 1 N–H and O–H groups in total. The van der Waals surface area contributed by atoms with E-state index in [1.165, 1.54) is 6.42 Å². The summed E-state index contributed by atoms with van der Waals surface area (Å²) in [4.78, 5) is 11.2. The molecule has 1 aliphatic rings. The van der Waals surface area contributed by atoms with Gasteiger partial charge in [0.25, 0.3) is 0 Å². The second kappa shape index (κ2) is 2.26. The minimum absolute atomic E-state index is 0.0608. The highest BCUT2D eigenvalue weighted by Crippen LogP contribution is 2.45. The second-order valence-electron chi connectivity index (χ2n) is 3.44. The van der Waals surface area contributed by atoms with Crippen molar-refractivity contribution >= 4 is 5.91 Å². The van der Waals surface area contributed by atoms with E-state index < -0.39 is 0 Å². The van der Waals surface area contributed by atoms with Crippen molar-refractivity contribution in [2.45, 2.75) is 26.7 Å². The Morgan fingerprint density at radius 3 is 2.40 bits per heavy atom. The third-order valence-corrected chi connectivity index (χ3v) is 2.93. The number of hydrogen-bond donors (Lipinski definition) is 1. The normalized spacial score (nSPS) is 38.5. The molecule has 1 rings (SSSR count). The van der Waals surface area contributed by atoms with Crippen LogP contribution in [0.25, 0.3) is 0 Å². The molecular weight excluding hydrogens is 126 g/mol. The first kappa shape index (κ1) is 7.58. The SMILES string of the molecule is CNC(=O)C1(C)CCC1C. The van der Waals surface area contributed by atoms with Crippen molar-refractivity contribution < 1.29 is 4.79 Å². The van der Waals surface area contributed by atoms with E-state index in [9.17, 15) is 4.79 Å². The van der Waals surface area contributed by atoms with Crippen LogP contribution in [0, 0.1) is 11.3 Å². The molecule has 1 fully saturated rings. The highest BCUT2D eigenvalue weighted by atomic mass is 16.2. The summed E-state index contributed by atoms with van der Waals surface area (Å²) in [6.07, 6.45) is 2.25. The monoisotopic (exact) mass is 141 g/mol. The molecule has 1 saturated carbocycles. The van der Waals surface area contributed by atoms with Crippen LogP contribution in [0.15, 0.2) is 0 Å². The Balaban J connectivity index is 2.60. The Labute approximate surface area is 62.0 Å². The molecule has 2 nitrogen and oxygen atoms in total. The molecule has 58 valence electrons. The van der Waals surface area contributed by atoms with Gasteiger partial charge in [-0.05, 0) is 18.8 Å². The minimum atomic E-state index is -0.0608. The van der Waals surface area contributed by atoms with E-state index in [4.69, 9.17) is 0 Å². The summed E-state index contributed by atoms with van der Waals surface area (Å²) in [5.74, 6) is 0.763. The quantitative estimate of drug-likeness (QED) is 0.583. The molecule has 0 bridgehead atoms. The topological polar surface area (TPSA) is 29.1 Å². The smallest absolute Gasteiger partial charge is 0.225 e. The highest BCUT2D eigenvalue weighted by molar-refractivity contribution is 5.83. The lowest BCUT2D eigenvalue weighted by atomic mass is 9.61. The van der Waals surface area contributed by atoms with Crippen molar-refractivity contribution in [3.05, 3.63) is 0 Å². The van der Waals surface area contributed by atoms with Gasteiger partial charge in [-0.15, -0.1) is 0 Å². The van der Waals surface area contributed by atoms with Gasteiger partial charge in [0, 0.05) is 12.5 Å². The highest BCUT2D eigenvalue weighted by Gasteiger charge is 2.45. The van der Waals surface area contributed by atoms with Crippen LogP contribution >= 0.6 is 0 Å². The predicted octanol–water partition coefficient (Wildman–Crippen LogP) is 1.17. The molecule has 2 unspecified atom stereocenters. The maximum Gasteiger partial charge on any atom is 0.225 e. The molecule has 0 heterocycles. The molecule has 2 atom stereocenters. The molecule has 2 heteroatoms. The number of carbonyl (C=O) groups excluding carboxylic acids is 1. The summed E-state index contributed by atoms with van der Waals surface area (Å²) in [6, 6.07) is 0. The average Bonchev–Trinajstić information content (AvgIpc) is 1.98. The van der Waals surface area contributed by atoms with E-state index >= 15 is 0 Å². The summed E-state index contributed by atoms with van der Waals surface area (Å²) in [5, 5.41) is 2.70. The number of carbonyl (C=O) groups is 1. The summed E-state index contributed by atoms with van der Waals surface area (Å²) in [6.45, 7) is 4.18. The Morgan fingerprint density at radius 1 is 1.70 bits per heavy atom. The fourth-order valence-electron chi connectivity index (χ4n) is 1.49. The van der Waals surface area contributed by atoms with Gasteiger partial charge in [0.05, 0.1) is 0 Å². The van der Waals surface area contributed by atoms with E-state index in [1.807, 2.05) is 6.92 Å². The standard InChI is InChI=1S/C8H15NO/c1-6-4-5-8(6,2)7(10)9-3/h6H,4-5H2,1-3H3,(H,9,10). The Bertz CT molecular complexity index is 155. The van der Waals surface area contributed by atoms with Crippen molar-refractivity contribution in [1.82, 2.24) is 5.32 Å². The zero-order chi connectivity index (χ0) is 7.78. The maximum atomic E-state index is 11.2. The lowest BCUT2D eigenvalue weighted by Crippen LogP contribution is -2.47. The summed E-state index contributed by atoms with van der Waals surface area (Å²) in [5.41, 5.74) is -0.0608. The zero-order valence-corrected chi connectivity index (χ0v) is 6.90. The predicted molar refractivity (Wildman–Crippen MR) is 40.6 cm³/mol. The Morgan fingerprint density at radius 2 is 2.30 bits per heavy atom. The van der Waals surface area contributed by atoms with Gasteiger partial charge >= 0.3 is 0 Å². The van der Waals surface area contributed by atoms with E-state index in [-0.39, 0.29) is 11.3 Å². The van der Waals surface area contributed by atoms with Crippen LogP contribution in [0.2, 0.25) is 0 Å². The average molecular weight is 141 g/mol. The van der Waals surface area contributed by atoms with Crippen molar-refractivity contribution in [3.8, 4) is 0 Å². The van der Waals surface area contributed by atoms with E-state index in [1.54, 1.807) is 7.05 Å². The summed E-state index contributed by atoms with van der Waals surface area (Å²) < 4.78 is 0. The molecule has 0 aromatic heterocycles. The van der Waals surface area contributed by atoms with Crippen LogP contribution in [-0.4, -0.2) is 13.0 Å². The molecule has 10 heavy (non-hydrogen) atoms. The van der Waals surface area contributed by atoms with Crippen LogP contribution in [0.5, 0.6) is 0 Å². The molecule has 1 amide bonds. The van der Waals surface area contributed by atoms with Gasteiger partial charge in [-0.2, -0.15) is 0 Å². The first-order valence-electron chi connectivity index (χ1n) is 3.83. The number of nitrogens with one attached hydrogen (secondary N) is 1. The lowest BCUT2D eigenvalue weighted by Gasteiger charge is -2.43. The largest absolute Gasteiger partial charge is 0.359 e. The van der Waals surface area contributed by atoms with Gasteiger partial charge in [0.15, 0.2) is 0 Å². The molecule has 0 aromatic carbocycles. The van der Waals surface area contributed by atoms with Crippen molar-refractivity contribution in [2.75, 3.05) is 7.05 Å². The fourth-order valence-corrected chi connectivity index (χ4v) is 1.49. The van der Waals surface area contributed by atoms with Gasteiger partial charge in [0.1, 0.15) is 0 Å². The van der Waals surface area contributed by atoms with Gasteiger partial charge in [-0.3, -0.25) is 4.79 Å². The van der Waals surface area contributed by atoms with Crippen molar-refractivity contribution in [1.29, 1.82) is 0 Å². The minimum Gasteiger partial charge on any atom is -0.359 e. The van der Waals surface area contributed by atoms with Gasteiger partial charge in [-0.1, -0.05) is 13.8 Å². The molecule has 1 aliphatic carbocycles. The van der Waals surface area contributed by atoms with Crippen molar-refractivity contribution in [3.63, 3.8) is 0 Å². The van der Waals surface area contributed by atoms with Crippen LogP contribution in [0.1, 0.15) is 26.7 Å². The zero-order valence-electron chi connectivity index (χ0n) is 6.90. The molecule has 0 aromatic rings. The van der Waals surface area contributed by atoms with Crippen LogP contribution in [-0.2, 0) is 4.79 Å². The maximum absolute atomic E-state index is 11.2. The van der Waals surface area contributed by atoms with E-state index in [0.29, 0.717) is 5.92 Å². The van der Waals surface area contributed by atoms with Crippen LogP contribution in [0.3, 0.4) is 0 Å². The first-order valence-corrected chi connectivity index (χ1v) is 3.83. The number of rotatable bonds is 1. The molecule has 0 aliphatic heterocycles. The molecule has 0 radical (unpaired) electrons. The Kier molecular flexibility index (Phi) is 1.71. The third kappa shape index (κ3) is 0.825. The van der Waals surface area contributed by atoms with E-state index in [0.717, 1.165) is 6.42 Å². The summed E-state index contributed by atoms with van der Waals surface area (Å²) in [7, 11) is 1.71. The second-order valence-corrected chi connectivity index (χ2v) is 3.44. The van der Waals surface area contributed by atoms with Crippen LogP contribution in [0.4, 0.5) is 0 Å². The lowest BCUT2D eigenvalue weighted by molar-refractivity contribution is -0.138. The molecule has 0 spiro atoms. The first-order chi connectivity index (χ1) is 4.61. The fraction of sp³-hybridized carbons (Fsp3) is 0.875. The van der Waals surface area contributed by atoms with Crippen molar-refractivity contribution in [2.24, 2.45) is 11.3 Å². The van der Waals surface area contributed by atoms with Crippen LogP contribution < -0.4 is 5.32 Å². The Hall–Kier alpha value is -0.530. The number of hydrogen-bond acceptors (Lipinski definition) is 1. The van der Waals surface area contributed by atoms with Gasteiger partial charge < -0.3 is 5.32 Å². The third-order valence-electron chi connectivity index (χ3n) is 2.93. The molecular formula is C8H15NO. The number of amides is 1. The summed E-state index contributed by atoms with van der Waals surface area (Å²) >= 11 is 0. The van der Waals surface area contributed by atoms with E-state index in [2.05, 4.69) is 12.2 Å². The molecule has 0 saturated heterocycles. The van der Waals surface area contributed by atoms with Gasteiger partial charge in [0.2, 0.25) is 5.91 Å².